The Labute approximate surface area is 196 Å². The van der Waals surface area contributed by atoms with Gasteiger partial charge in [0.05, 0.1) is 11.6 Å². The molecule has 178 valence electrons. The molecule has 2 N–H and O–H groups in total. The molecular weight excluding hydrogens is 441 g/mol. The molecule has 1 aliphatic rings. The molecule has 0 saturated heterocycles. The van der Waals surface area contributed by atoms with Crippen LogP contribution in [-0.4, -0.2) is 33.0 Å². The van der Waals surface area contributed by atoms with Crippen molar-refractivity contribution in [2.45, 2.75) is 51.4 Å². The van der Waals surface area contributed by atoms with Crippen LogP contribution in [0.4, 0.5) is 4.39 Å². The van der Waals surface area contributed by atoms with E-state index in [0.717, 1.165) is 12.8 Å². The minimum absolute atomic E-state index is 0.0243. The van der Waals surface area contributed by atoms with E-state index >= 15 is 0 Å². The standard InChI is InChI=1S/C25H26FN3O5/c1-3-20(33-17-12-10-16(11-13-17)22(31)15-8-9-15)25-28-23(29-34-25)21(30)14(2)27-24(32)18-6-4-5-7-19(18)26/h4-7,10-15,20-21,30H,3,8-9H2,1-2H3,(H,27,32)/t14-,20+,21?/m0/s1. The van der Waals surface area contributed by atoms with E-state index in [1.54, 1.807) is 37.3 Å². The molecule has 9 heteroatoms. The molecule has 0 aliphatic heterocycles. The average molecular weight is 467 g/mol. The molecule has 8 nitrogen and oxygen atoms in total. The Kier molecular flexibility index (Phi) is 7.02. The van der Waals surface area contributed by atoms with Gasteiger partial charge in [-0.05, 0) is 62.6 Å². The van der Waals surface area contributed by atoms with Crippen molar-refractivity contribution in [3.05, 3.63) is 77.2 Å². The van der Waals surface area contributed by atoms with Crippen LogP contribution >= 0.6 is 0 Å². The second-order valence-corrected chi connectivity index (χ2v) is 8.36. The van der Waals surface area contributed by atoms with Crippen LogP contribution in [0.1, 0.15) is 77.7 Å². The van der Waals surface area contributed by atoms with Gasteiger partial charge >= 0.3 is 0 Å². The van der Waals surface area contributed by atoms with Crippen LogP contribution in [0.15, 0.2) is 53.1 Å². The van der Waals surface area contributed by atoms with Gasteiger partial charge in [-0.1, -0.05) is 24.2 Å². The van der Waals surface area contributed by atoms with Gasteiger partial charge in [0.2, 0.25) is 5.82 Å². The first-order chi connectivity index (χ1) is 16.4. The summed E-state index contributed by atoms with van der Waals surface area (Å²) in [5.41, 5.74) is 0.539. The van der Waals surface area contributed by atoms with Gasteiger partial charge in [-0.3, -0.25) is 9.59 Å². The van der Waals surface area contributed by atoms with Crippen molar-refractivity contribution in [1.82, 2.24) is 15.5 Å². The van der Waals surface area contributed by atoms with Gasteiger partial charge in [-0.25, -0.2) is 4.39 Å². The highest BCUT2D eigenvalue weighted by molar-refractivity contribution is 5.99. The Morgan fingerprint density at radius 1 is 1.21 bits per heavy atom. The molecule has 1 aromatic heterocycles. The van der Waals surface area contributed by atoms with E-state index in [0.29, 0.717) is 17.7 Å². The van der Waals surface area contributed by atoms with Crippen LogP contribution < -0.4 is 10.1 Å². The third kappa shape index (κ3) is 5.31. The van der Waals surface area contributed by atoms with Crippen LogP contribution in [0.3, 0.4) is 0 Å². The van der Waals surface area contributed by atoms with Crippen molar-refractivity contribution in [3.63, 3.8) is 0 Å². The molecule has 1 unspecified atom stereocenters. The number of ketones is 1. The molecule has 3 aromatic rings. The molecule has 1 aliphatic carbocycles. The number of aliphatic hydroxyl groups is 1. The van der Waals surface area contributed by atoms with Crippen molar-refractivity contribution in [1.29, 1.82) is 0 Å². The number of carbonyl (C=O) groups is 2. The molecule has 0 bridgehead atoms. The van der Waals surface area contributed by atoms with Crippen LogP contribution in [0, 0.1) is 11.7 Å². The predicted molar refractivity (Wildman–Crippen MR) is 120 cm³/mol. The van der Waals surface area contributed by atoms with E-state index < -0.39 is 30.0 Å². The fourth-order valence-electron chi connectivity index (χ4n) is 3.48. The van der Waals surface area contributed by atoms with Gasteiger partial charge in [-0.2, -0.15) is 4.98 Å². The zero-order chi connectivity index (χ0) is 24.2. The van der Waals surface area contributed by atoms with Crippen molar-refractivity contribution in [3.8, 4) is 5.75 Å². The summed E-state index contributed by atoms with van der Waals surface area (Å²) in [6.45, 7) is 3.44. The SMILES string of the molecule is CC[C@@H](Oc1ccc(C(=O)C2CC2)cc1)c1nc(C(O)[C@H](C)NC(=O)c2ccccc2F)no1. The molecule has 0 radical (unpaired) electrons. The van der Waals surface area contributed by atoms with E-state index in [1.807, 2.05) is 6.92 Å². The topological polar surface area (TPSA) is 115 Å². The maximum absolute atomic E-state index is 13.8. The van der Waals surface area contributed by atoms with Crippen molar-refractivity contribution in [2.24, 2.45) is 5.92 Å². The van der Waals surface area contributed by atoms with E-state index in [4.69, 9.17) is 9.26 Å². The molecule has 3 atom stereocenters. The lowest BCUT2D eigenvalue weighted by molar-refractivity contribution is 0.0829. The minimum atomic E-state index is -1.28. The van der Waals surface area contributed by atoms with E-state index in [1.165, 1.54) is 18.2 Å². The number of halogens is 1. The first-order valence-electron chi connectivity index (χ1n) is 11.2. The van der Waals surface area contributed by atoms with Crippen molar-refractivity contribution >= 4 is 11.7 Å². The Balaban J connectivity index is 1.39. The van der Waals surface area contributed by atoms with Crippen LogP contribution in [0.25, 0.3) is 0 Å². The van der Waals surface area contributed by atoms with Gasteiger partial charge in [0.1, 0.15) is 17.7 Å². The van der Waals surface area contributed by atoms with E-state index in [9.17, 15) is 19.1 Å². The number of hydrogen-bond donors (Lipinski definition) is 2. The predicted octanol–water partition coefficient (Wildman–Crippen LogP) is 4.18. The lowest BCUT2D eigenvalue weighted by atomic mass is 10.1. The lowest BCUT2D eigenvalue weighted by Crippen LogP contribution is -2.37. The lowest BCUT2D eigenvalue weighted by Gasteiger charge is -2.18. The molecule has 34 heavy (non-hydrogen) atoms. The van der Waals surface area contributed by atoms with Crippen LogP contribution in [0.5, 0.6) is 5.75 Å². The summed E-state index contributed by atoms with van der Waals surface area (Å²) in [5.74, 6) is -0.318. The van der Waals surface area contributed by atoms with Gasteiger partial charge in [0, 0.05) is 11.5 Å². The Hall–Kier alpha value is -3.59. The number of nitrogens with one attached hydrogen (secondary N) is 1. The molecule has 2 aromatic carbocycles. The summed E-state index contributed by atoms with van der Waals surface area (Å²) < 4.78 is 25.1. The normalized spacial score (nSPS) is 15.9. The summed E-state index contributed by atoms with van der Waals surface area (Å²) >= 11 is 0. The smallest absolute Gasteiger partial charge is 0.267 e. The number of hydrogen-bond acceptors (Lipinski definition) is 7. The average Bonchev–Trinajstić information content (AvgIpc) is 3.58. The summed E-state index contributed by atoms with van der Waals surface area (Å²) in [6.07, 6.45) is 0.567. The Morgan fingerprint density at radius 3 is 2.56 bits per heavy atom. The number of aromatic nitrogens is 2. The minimum Gasteiger partial charge on any atom is -0.481 e. The summed E-state index contributed by atoms with van der Waals surface area (Å²) in [5, 5.41) is 16.9. The number of nitrogens with zero attached hydrogens (tertiary/aromatic N) is 2. The highest BCUT2D eigenvalue weighted by Gasteiger charge is 2.30. The third-order valence-corrected chi connectivity index (χ3v) is 5.68. The van der Waals surface area contributed by atoms with E-state index in [-0.39, 0.29) is 29.0 Å². The molecule has 1 heterocycles. The number of benzene rings is 2. The molecule has 1 amide bonds. The molecular formula is C25H26FN3O5. The highest BCUT2D eigenvalue weighted by atomic mass is 19.1. The quantitative estimate of drug-likeness (QED) is 0.430. The van der Waals surface area contributed by atoms with Gasteiger partial charge in [0.25, 0.3) is 11.8 Å². The zero-order valence-corrected chi connectivity index (χ0v) is 18.9. The first-order valence-corrected chi connectivity index (χ1v) is 11.2. The number of ether oxygens (including phenoxy) is 1. The monoisotopic (exact) mass is 467 g/mol. The van der Waals surface area contributed by atoms with Gasteiger partial charge < -0.3 is 19.7 Å². The molecule has 1 fully saturated rings. The fraction of sp³-hybridized carbons (Fsp3) is 0.360. The number of aliphatic hydroxyl groups excluding tert-OH is 1. The number of carbonyl (C=O) groups excluding carboxylic acids is 2. The maximum atomic E-state index is 13.8. The largest absolute Gasteiger partial charge is 0.481 e. The second-order valence-electron chi connectivity index (χ2n) is 8.36. The summed E-state index contributed by atoms with van der Waals surface area (Å²) in [6, 6.07) is 11.7. The Morgan fingerprint density at radius 2 is 1.91 bits per heavy atom. The molecule has 4 rings (SSSR count). The Bertz CT molecular complexity index is 1160. The van der Waals surface area contributed by atoms with Gasteiger partial charge in [0.15, 0.2) is 11.9 Å². The van der Waals surface area contributed by atoms with Crippen molar-refractivity contribution < 1.29 is 28.3 Å². The number of Topliss-reactive ketones (excluding diaryl/α,β-unsaturated/α-hetero) is 1. The van der Waals surface area contributed by atoms with E-state index in [2.05, 4.69) is 15.5 Å². The highest BCUT2D eigenvalue weighted by Crippen LogP contribution is 2.33. The van der Waals surface area contributed by atoms with Crippen LogP contribution in [-0.2, 0) is 0 Å². The van der Waals surface area contributed by atoms with Crippen LogP contribution in [0.2, 0.25) is 0 Å². The summed E-state index contributed by atoms with van der Waals surface area (Å²) in [7, 11) is 0. The van der Waals surface area contributed by atoms with Crippen molar-refractivity contribution in [2.75, 3.05) is 0 Å². The first kappa shape index (κ1) is 23.6. The molecule has 1 saturated carbocycles. The van der Waals surface area contributed by atoms with Gasteiger partial charge in [-0.15, -0.1) is 0 Å². The second kappa shape index (κ2) is 10.1. The number of amides is 1. The molecule has 0 spiro atoms. The third-order valence-electron chi connectivity index (χ3n) is 5.68. The zero-order valence-electron chi connectivity index (χ0n) is 18.9. The maximum Gasteiger partial charge on any atom is 0.267 e. The number of rotatable bonds is 10. The summed E-state index contributed by atoms with van der Waals surface area (Å²) in [4.78, 5) is 28.7. The fourth-order valence-corrected chi connectivity index (χ4v) is 3.48.